The number of Topliss-reactive ketones (excluding diaryl/α,β-unsaturated/α-hetero) is 1. The van der Waals surface area contributed by atoms with E-state index in [-0.39, 0.29) is 12.0 Å². The molecule has 4 fully saturated rings. The smallest absolute Gasteiger partial charge is 0.141 e. The van der Waals surface area contributed by atoms with Crippen LogP contribution in [0.3, 0.4) is 0 Å². The van der Waals surface area contributed by atoms with Crippen LogP contribution in [-0.2, 0) is 9.53 Å². The second-order valence-electron chi connectivity index (χ2n) is 3.36. The number of hydrogen-bond acceptors (Lipinski definition) is 2. The van der Waals surface area contributed by atoms with Gasteiger partial charge in [-0.05, 0) is 0 Å². The van der Waals surface area contributed by atoms with Crippen LogP contribution in [0, 0.1) is 11.8 Å². The van der Waals surface area contributed by atoms with Crippen molar-refractivity contribution in [3.05, 3.63) is 0 Å². The SMILES string of the molecule is O=C1C[C@H]2OC3[C@H]([C@H]2Br)[C@H]13. The second kappa shape index (κ2) is 1.48. The van der Waals surface area contributed by atoms with Crippen molar-refractivity contribution < 1.29 is 9.53 Å². The standard InChI is InChI=1S/C7H7BrO2/c8-6-3-1-2(9)4-5(6)7(4)10-3/h3-7H,1H2/t3-,4+,5+,6+,7?/m1/s1. The van der Waals surface area contributed by atoms with E-state index in [1.54, 1.807) is 0 Å². The van der Waals surface area contributed by atoms with Gasteiger partial charge < -0.3 is 4.74 Å². The van der Waals surface area contributed by atoms with Crippen molar-refractivity contribution in [2.75, 3.05) is 0 Å². The molecule has 2 nitrogen and oxygen atoms in total. The Balaban J connectivity index is 2.01. The zero-order valence-corrected chi connectivity index (χ0v) is 6.87. The Morgan fingerprint density at radius 2 is 2.40 bits per heavy atom. The highest BCUT2D eigenvalue weighted by molar-refractivity contribution is 9.09. The van der Waals surface area contributed by atoms with E-state index in [2.05, 4.69) is 15.9 Å². The predicted octanol–water partition coefficient (Wildman–Crippen LogP) is 0.736. The fraction of sp³-hybridized carbons (Fsp3) is 0.857. The fourth-order valence-electron chi connectivity index (χ4n) is 2.28. The van der Waals surface area contributed by atoms with Crippen LogP contribution in [-0.4, -0.2) is 22.8 Å². The van der Waals surface area contributed by atoms with Crippen LogP contribution in [0.4, 0.5) is 0 Å². The summed E-state index contributed by atoms with van der Waals surface area (Å²) in [5, 5.41) is 0. The number of carbonyl (C=O) groups excluding carboxylic acids is 1. The van der Waals surface area contributed by atoms with E-state index in [0.717, 1.165) is 0 Å². The Kier molecular flexibility index (Phi) is 0.848. The average Bonchev–Trinajstić information content (AvgIpc) is 2.54. The zero-order valence-electron chi connectivity index (χ0n) is 5.29. The zero-order chi connectivity index (χ0) is 6.88. The maximum Gasteiger partial charge on any atom is 0.141 e. The molecule has 0 aromatic heterocycles. The first-order chi connectivity index (χ1) is 4.79. The molecule has 4 rings (SSSR count). The highest BCUT2D eigenvalue weighted by Gasteiger charge is 2.69. The van der Waals surface area contributed by atoms with Crippen LogP contribution < -0.4 is 0 Å². The van der Waals surface area contributed by atoms with E-state index in [9.17, 15) is 4.79 Å². The van der Waals surface area contributed by atoms with E-state index >= 15 is 0 Å². The minimum atomic E-state index is 0.201. The van der Waals surface area contributed by atoms with E-state index in [1.807, 2.05) is 0 Å². The molecule has 2 saturated carbocycles. The molecule has 0 amide bonds. The third-order valence-corrected chi connectivity index (χ3v) is 4.04. The summed E-state index contributed by atoms with van der Waals surface area (Å²) in [6.45, 7) is 0. The Labute approximate surface area is 67.1 Å². The van der Waals surface area contributed by atoms with Gasteiger partial charge in [-0.25, -0.2) is 0 Å². The summed E-state index contributed by atoms with van der Waals surface area (Å²) >= 11 is 3.55. The van der Waals surface area contributed by atoms with Crippen LogP contribution in [0.15, 0.2) is 0 Å². The highest BCUT2D eigenvalue weighted by atomic mass is 79.9. The van der Waals surface area contributed by atoms with Crippen LogP contribution in [0.2, 0.25) is 0 Å². The number of hydrogen-bond donors (Lipinski definition) is 0. The lowest BCUT2D eigenvalue weighted by Gasteiger charge is -2.23. The molecule has 0 radical (unpaired) electrons. The molecule has 2 aliphatic heterocycles. The molecule has 0 N–H and O–H groups in total. The van der Waals surface area contributed by atoms with Crippen molar-refractivity contribution in [1.82, 2.24) is 0 Å². The van der Waals surface area contributed by atoms with Crippen molar-refractivity contribution in [2.45, 2.75) is 23.5 Å². The van der Waals surface area contributed by atoms with E-state index in [1.165, 1.54) is 0 Å². The molecule has 0 aromatic carbocycles. The summed E-state index contributed by atoms with van der Waals surface area (Å²) in [5.74, 6) is 1.24. The first kappa shape index (κ1) is 5.72. The number of ketones is 1. The quantitative estimate of drug-likeness (QED) is 0.542. The van der Waals surface area contributed by atoms with Crippen LogP contribution in [0.1, 0.15) is 6.42 Å². The normalized spacial score (nSPS) is 62.9. The topological polar surface area (TPSA) is 26.3 Å². The van der Waals surface area contributed by atoms with Crippen molar-refractivity contribution in [2.24, 2.45) is 11.8 Å². The molecule has 2 aliphatic carbocycles. The lowest BCUT2D eigenvalue weighted by molar-refractivity contribution is -0.129. The van der Waals surface area contributed by atoms with Gasteiger partial charge in [-0.1, -0.05) is 15.9 Å². The summed E-state index contributed by atoms with van der Waals surface area (Å²) in [4.78, 5) is 11.6. The van der Waals surface area contributed by atoms with Crippen molar-refractivity contribution in [1.29, 1.82) is 0 Å². The van der Waals surface area contributed by atoms with Crippen LogP contribution >= 0.6 is 15.9 Å². The Morgan fingerprint density at radius 3 is 2.80 bits per heavy atom. The molecular weight excluding hydrogens is 196 g/mol. The Hall–Kier alpha value is 0.110. The van der Waals surface area contributed by atoms with Gasteiger partial charge in [0, 0.05) is 17.2 Å². The molecule has 10 heavy (non-hydrogen) atoms. The minimum Gasteiger partial charge on any atom is -0.372 e. The highest BCUT2D eigenvalue weighted by Crippen LogP contribution is 2.59. The molecule has 2 heterocycles. The van der Waals surface area contributed by atoms with Gasteiger partial charge in [0.2, 0.25) is 0 Å². The minimum absolute atomic E-state index is 0.201. The summed E-state index contributed by atoms with van der Waals surface area (Å²) < 4.78 is 5.55. The number of ether oxygens (including phenoxy) is 1. The van der Waals surface area contributed by atoms with E-state index < -0.39 is 0 Å². The summed E-state index contributed by atoms with van der Waals surface area (Å²) in [5.41, 5.74) is 0. The van der Waals surface area contributed by atoms with Crippen molar-refractivity contribution in [3.8, 4) is 0 Å². The third-order valence-electron chi connectivity index (χ3n) is 2.84. The first-order valence-corrected chi connectivity index (χ1v) is 4.53. The summed E-state index contributed by atoms with van der Waals surface area (Å²) in [6, 6.07) is 0. The van der Waals surface area contributed by atoms with Gasteiger partial charge in [0.1, 0.15) is 5.78 Å². The monoisotopic (exact) mass is 202 g/mol. The van der Waals surface area contributed by atoms with Crippen LogP contribution in [0.5, 0.6) is 0 Å². The molecular formula is C7H7BrO2. The lowest BCUT2D eigenvalue weighted by Crippen LogP contribution is -2.34. The second-order valence-corrected chi connectivity index (χ2v) is 4.41. The number of carbonyl (C=O) groups is 1. The number of rotatable bonds is 0. The molecule has 4 aliphatic rings. The molecule has 2 saturated heterocycles. The van der Waals surface area contributed by atoms with Gasteiger partial charge in [0.15, 0.2) is 0 Å². The Bertz CT molecular complexity index is 214. The van der Waals surface area contributed by atoms with Gasteiger partial charge in [0.05, 0.1) is 18.1 Å². The summed E-state index contributed by atoms with van der Waals surface area (Å²) in [6.07, 6.45) is 1.15. The number of alkyl halides is 1. The molecule has 3 heteroatoms. The first-order valence-electron chi connectivity index (χ1n) is 3.61. The molecule has 4 bridgehead atoms. The molecule has 1 unspecified atom stereocenters. The lowest BCUT2D eigenvalue weighted by atomic mass is 9.96. The van der Waals surface area contributed by atoms with Gasteiger partial charge in [0.25, 0.3) is 0 Å². The van der Waals surface area contributed by atoms with Crippen molar-refractivity contribution >= 4 is 21.7 Å². The molecule has 5 atom stereocenters. The maximum atomic E-state index is 11.1. The maximum absolute atomic E-state index is 11.1. The van der Waals surface area contributed by atoms with Gasteiger partial charge in [-0.2, -0.15) is 0 Å². The van der Waals surface area contributed by atoms with E-state index in [0.29, 0.717) is 29.1 Å². The van der Waals surface area contributed by atoms with Gasteiger partial charge in [-0.3, -0.25) is 4.79 Å². The molecule has 0 spiro atoms. The van der Waals surface area contributed by atoms with Crippen LogP contribution in [0.25, 0.3) is 0 Å². The predicted molar refractivity (Wildman–Crippen MR) is 38.0 cm³/mol. The Morgan fingerprint density at radius 1 is 1.60 bits per heavy atom. The van der Waals surface area contributed by atoms with Crippen molar-refractivity contribution in [3.63, 3.8) is 0 Å². The number of halogens is 1. The van der Waals surface area contributed by atoms with E-state index in [4.69, 9.17) is 4.74 Å². The fourth-order valence-corrected chi connectivity index (χ4v) is 3.22. The third kappa shape index (κ3) is 0.452. The largest absolute Gasteiger partial charge is 0.372 e. The summed E-state index contributed by atoms with van der Waals surface area (Å²) in [7, 11) is 0. The molecule has 54 valence electrons. The number of fused-ring (bicyclic) bond motifs is 1. The van der Waals surface area contributed by atoms with Gasteiger partial charge in [-0.15, -0.1) is 0 Å². The molecule has 0 aromatic rings. The van der Waals surface area contributed by atoms with Gasteiger partial charge >= 0.3 is 0 Å². The average molecular weight is 203 g/mol.